The molecule has 1 aliphatic heterocycles. The molecular formula is C18H24N6O2. The van der Waals surface area contributed by atoms with Crippen molar-refractivity contribution in [2.75, 3.05) is 6.54 Å². The first-order valence-electron chi connectivity index (χ1n) is 8.88. The molecule has 3 heterocycles. The Morgan fingerprint density at radius 2 is 2.12 bits per heavy atom. The smallest absolute Gasteiger partial charge is 0.272 e. The molecule has 8 nitrogen and oxygen atoms in total. The van der Waals surface area contributed by atoms with Crippen molar-refractivity contribution in [1.82, 2.24) is 30.0 Å². The SMILES string of the molecule is CC(=O)NCc1ccnc([C@H]2CCCN2C(=O)c2ccnn2C(C)C)n1. The number of amides is 2. The van der Waals surface area contributed by atoms with Crippen molar-refractivity contribution in [3.05, 3.63) is 41.7 Å². The van der Waals surface area contributed by atoms with E-state index in [2.05, 4.69) is 20.4 Å². The molecule has 26 heavy (non-hydrogen) atoms. The average Bonchev–Trinajstić information content (AvgIpc) is 3.29. The van der Waals surface area contributed by atoms with Crippen LogP contribution in [0.4, 0.5) is 0 Å². The lowest BCUT2D eigenvalue weighted by atomic mass is 10.2. The van der Waals surface area contributed by atoms with Crippen molar-refractivity contribution in [1.29, 1.82) is 0 Å². The van der Waals surface area contributed by atoms with Crippen LogP contribution < -0.4 is 5.32 Å². The molecule has 0 unspecified atom stereocenters. The zero-order chi connectivity index (χ0) is 18.7. The van der Waals surface area contributed by atoms with Gasteiger partial charge < -0.3 is 10.2 Å². The van der Waals surface area contributed by atoms with Crippen LogP contribution in [0.3, 0.4) is 0 Å². The number of nitrogens with one attached hydrogen (secondary N) is 1. The van der Waals surface area contributed by atoms with Gasteiger partial charge in [-0.25, -0.2) is 9.97 Å². The predicted octanol–water partition coefficient (Wildman–Crippen LogP) is 1.87. The normalized spacial score (nSPS) is 16.9. The van der Waals surface area contributed by atoms with Crippen molar-refractivity contribution < 1.29 is 9.59 Å². The molecule has 0 saturated carbocycles. The highest BCUT2D eigenvalue weighted by Crippen LogP contribution is 2.31. The fourth-order valence-corrected chi connectivity index (χ4v) is 3.21. The van der Waals surface area contributed by atoms with Gasteiger partial charge in [0.05, 0.1) is 18.3 Å². The molecular weight excluding hydrogens is 332 g/mol. The lowest BCUT2D eigenvalue weighted by molar-refractivity contribution is -0.119. The average molecular weight is 356 g/mol. The Morgan fingerprint density at radius 3 is 2.85 bits per heavy atom. The summed E-state index contributed by atoms with van der Waals surface area (Å²) in [6.45, 7) is 6.49. The first-order valence-corrected chi connectivity index (χ1v) is 8.88. The predicted molar refractivity (Wildman–Crippen MR) is 95.2 cm³/mol. The van der Waals surface area contributed by atoms with Gasteiger partial charge in [-0.05, 0) is 38.8 Å². The van der Waals surface area contributed by atoms with Crippen LogP contribution in [0.25, 0.3) is 0 Å². The monoisotopic (exact) mass is 356 g/mol. The second kappa shape index (κ2) is 7.63. The van der Waals surface area contributed by atoms with Gasteiger partial charge in [-0.2, -0.15) is 5.10 Å². The molecule has 3 rings (SSSR count). The Balaban J connectivity index is 1.82. The van der Waals surface area contributed by atoms with E-state index in [1.165, 1.54) is 6.92 Å². The number of aromatic nitrogens is 4. The standard InChI is InChI=1S/C18H24N6O2/c1-12(2)24-16(7-9-21-24)18(26)23-10-4-5-15(23)17-19-8-6-14(22-17)11-20-13(3)25/h6-9,12,15H,4-5,10-11H2,1-3H3,(H,20,25)/t15-/m1/s1. The molecule has 1 atom stereocenters. The number of nitrogens with zero attached hydrogens (tertiary/aromatic N) is 5. The number of carbonyl (C=O) groups excluding carboxylic acids is 2. The molecule has 0 aromatic carbocycles. The highest BCUT2D eigenvalue weighted by atomic mass is 16.2. The Hall–Kier alpha value is -2.77. The maximum atomic E-state index is 13.1. The summed E-state index contributed by atoms with van der Waals surface area (Å²) in [5, 5.41) is 6.99. The molecule has 2 aromatic heterocycles. The third-order valence-electron chi connectivity index (χ3n) is 4.44. The zero-order valence-electron chi connectivity index (χ0n) is 15.3. The summed E-state index contributed by atoms with van der Waals surface area (Å²) in [4.78, 5) is 34.9. The van der Waals surface area contributed by atoms with E-state index in [-0.39, 0.29) is 23.9 Å². The van der Waals surface area contributed by atoms with Crippen LogP contribution in [0.2, 0.25) is 0 Å². The molecule has 8 heteroatoms. The van der Waals surface area contributed by atoms with Gasteiger partial charge >= 0.3 is 0 Å². The van der Waals surface area contributed by atoms with Gasteiger partial charge in [0, 0.05) is 31.9 Å². The highest BCUT2D eigenvalue weighted by molar-refractivity contribution is 5.93. The summed E-state index contributed by atoms with van der Waals surface area (Å²) in [6.07, 6.45) is 5.07. The van der Waals surface area contributed by atoms with E-state index >= 15 is 0 Å². The number of likely N-dealkylation sites (tertiary alicyclic amines) is 1. The van der Waals surface area contributed by atoms with E-state index < -0.39 is 0 Å². The summed E-state index contributed by atoms with van der Waals surface area (Å²) in [6, 6.07) is 3.48. The van der Waals surface area contributed by atoms with Crippen LogP contribution in [-0.4, -0.2) is 43.0 Å². The van der Waals surface area contributed by atoms with Crippen LogP contribution in [0.1, 0.15) is 67.7 Å². The maximum Gasteiger partial charge on any atom is 0.272 e. The first kappa shape index (κ1) is 18.0. The van der Waals surface area contributed by atoms with Gasteiger partial charge in [-0.3, -0.25) is 14.3 Å². The summed E-state index contributed by atoms with van der Waals surface area (Å²) in [7, 11) is 0. The van der Waals surface area contributed by atoms with Crippen molar-refractivity contribution in [3.8, 4) is 0 Å². The Bertz CT molecular complexity index is 800. The maximum absolute atomic E-state index is 13.1. The number of hydrogen-bond donors (Lipinski definition) is 1. The van der Waals surface area contributed by atoms with Crippen LogP contribution in [0.5, 0.6) is 0 Å². The molecule has 1 aliphatic rings. The van der Waals surface area contributed by atoms with E-state index in [1.807, 2.05) is 18.7 Å². The van der Waals surface area contributed by atoms with Gasteiger partial charge in [-0.15, -0.1) is 0 Å². The number of carbonyl (C=O) groups is 2. The Labute approximate surface area is 152 Å². The van der Waals surface area contributed by atoms with Crippen LogP contribution in [0.15, 0.2) is 24.5 Å². The van der Waals surface area contributed by atoms with Gasteiger partial charge in [0.15, 0.2) is 5.82 Å². The minimum Gasteiger partial charge on any atom is -0.351 e. The molecule has 1 N–H and O–H groups in total. The lowest BCUT2D eigenvalue weighted by Crippen LogP contribution is -2.33. The largest absolute Gasteiger partial charge is 0.351 e. The van der Waals surface area contributed by atoms with E-state index in [0.29, 0.717) is 24.6 Å². The third-order valence-corrected chi connectivity index (χ3v) is 4.44. The summed E-state index contributed by atoms with van der Waals surface area (Å²) < 4.78 is 1.74. The van der Waals surface area contributed by atoms with Gasteiger partial charge in [0.25, 0.3) is 5.91 Å². The molecule has 1 fully saturated rings. The minimum atomic E-state index is -0.157. The van der Waals surface area contributed by atoms with Crippen molar-refractivity contribution >= 4 is 11.8 Å². The lowest BCUT2D eigenvalue weighted by Gasteiger charge is -2.24. The fourth-order valence-electron chi connectivity index (χ4n) is 3.21. The molecule has 0 spiro atoms. The van der Waals surface area contributed by atoms with E-state index in [4.69, 9.17) is 0 Å². The molecule has 0 aliphatic carbocycles. The third kappa shape index (κ3) is 3.74. The highest BCUT2D eigenvalue weighted by Gasteiger charge is 2.34. The van der Waals surface area contributed by atoms with Crippen LogP contribution >= 0.6 is 0 Å². The van der Waals surface area contributed by atoms with Crippen LogP contribution in [-0.2, 0) is 11.3 Å². The van der Waals surface area contributed by atoms with Crippen molar-refractivity contribution in [3.63, 3.8) is 0 Å². The van der Waals surface area contributed by atoms with E-state index in [0.717, 1.165) is 18.5 Å². The summed E-state index contributed by atoms with van der Waals surface area (Å²) in [5.74, 6) is 0.466. The molecule has 138 valence electrons. The zero-order valence-corrected chi connectivity index (χ0v) is 15.3. The number of hydrogen-bond acceptors (Lipinski definition) is 5. The van der Waals surface area contributed by atoms with Gasteiger partial charge in [0.2, 0.25) is 5.91 Å². The van der Waals surface area contributed by atoms with Crippen LogP contribution in [0, 0.1) is 0 Å². The quantitative estimate of drug-likeness (QED) is 0.883. The Kier molecular flexibility index (Phi) is 5.29. The van der Waals surface area contributed by atoms with Gasteiger partial charge in [-0.1, -0.05) is 0 Å². The summed E-state index contributed by atoms with van der Waals surface area (Å²) >= 11 is 0. The minimum absolute atomic E-state index is 0.0467. The topological polar surface area (TPSA) is 93.0 Å². The second-order valence-electron chi connectivity index (χ2n) is 6.73. The molecule has 1 saturated heterocycles. The van der Waals surface area contributed by atoms with E-state index in [9.17, 15) is 9.59 Å². The second-order valence-corrected chi connectivity index (χ2v) is 6.73. The summed E-state index contributed by atoms with van der Waals surface area (Å²) in [5.41, 5.74) is 1.32. The number of rotatable bonds is 5. The molecule has 2 amide bonds. The Morgan fingerprint density at radius 1 is 1.31 bits per heavy atom. The fraction of sp³-hybridized carbons (Fsp3) is 0.500. The van der Waals surface area contributed by atoms with Crippen molar-refractivity contribution in [2.45, 2.75) is 52.2 Å². The van der Waals surface area contributed by atoms with E-state index in [1.54, 1.807) is 29.2 Å². The molecule has 2 aromatic rings. The van der Waals surface area contributed by atoms with Gasteiger partial charge in [0.1, 0.15) is 5.69 Å². The molecule has 0 bridgehead atoms. The van der Waals surface area contributed by atoms with Crippen molar-refractivity contribution in [2.24, 2.45) is 0 Å². The first-order chi connectivity index (χ1) is 12.5. The molecule has 0 radical (unpaired) electrons.